The van der Waals surface area contributed by atoms with Gasteiger partial charge in [-0.15, -0.1) is 11.3 Å². The Morgan fingerprint density at radius 3 is 2.58 bits per heavy atom. The summed E-state index contributed by atoms with van der Waals surface area (Å²) < 4.78 is 5.35. The monoisotopic (exact) mass is 296 g/mol. The second-order valence-electron chi connectivity index (χ2n) is 3.62. The van der Waals surface area contributed by atoms with Gasteiger partial charge < -0.3 is 9.84 Å². The zero-order valence-electron chi connectivity index (χ0n) is 9.63. The van der Waals surface area contributed by atoms with Gasteiger partial charge in [-0.2, -0.15) is 0 Å². The lowest BCUT2D eigenvalue weighted by atomic mass is 10.2. The minimum absolute atomic E-state index is 0.0273. The second-order valence-corrected chi connectivity index (χ2v) is 5.34. The predicted molar refractivity (Wildman–Crippen MR) is 72.0 cm³/mol. The van der Waals surface area contributed by atoms with E-state index in [9.17, 15) is 14.7 Å². The van der Waals surface area contributed by atoms with Crippen molar-refractivity contribution in [1.82, 2.24) is 0 Å². The van der Waals surface area contributed by atoms with E-state index in [1.807, 2.05) is 0 Å². The Balaban J connectivity index is 1.98. The number of ether oxygens (including phenoxy) is 1. The van der Waals surface area contributed by atoms with Crippen molar-refractivity contribution >= 4 is 34.7 Å². The van der Waals surface area contributed by atoms with E-state index in [0.29, 0.717) is 9.21 Å². The van der Waals surface area contributed by atoms with Crippen molar-refractivity contribution in [2.24, 2.45) is 0 Å². The van der Waals surface area contributed by atoms with Gasteiger partial charge in [0.2, 0.25) is 5.78 Å². The first kappa shape index (κ1) is 13.6. The fraction of sp³-hybridized carbons (Fsp3) is 0.0769. The summed E-state index contributed by atoms with van der Waals surface area (Å²) in [5.74, 6) is -1.26. The second kappa shape index (κ2) is 5.86. The molecule has 6 heteroatoms. The molecule has 2 aromatic rings. The SMILES string of the molecule is O=C(COC(=O)c1ccccc1O)c1ccc(Cl)s1. The molecule has 0 aliphatic rings. The molecule has 0 spiro atoms. The highest BCUT2D eigenvalue weighted by Gasteiger charge is 2.15. The molecule has 0 unspecified atom stereocenters. The molecule has 0 amide bonds. The molecule has 1 heterocycles. The lowest BCUT2D eigenvalue weighted by molar-refractivity contribution is 0.0473. The summed E-state index contributed by atoms with van der Waals surface area (Å²) in [4.78, 5) is 23.8. The highest BCUT2D eigenvalue weighted by atomic mass is 35.5. The van der Waals surface area contributed by atoms with E-state index >= 15 is 0 Å². The number of rotatable bonds is 4. The first-order valence-electron chi connectivity index (χ1n) is 5.31. The molecule has 0 fully saturated rings. The van der Waals surface area contributed by atoms with Gasteiger partial charge in [-0.25, -0.2) is 4.79 Å². The molecule has 0 aliphatic carbocycles. The summed E-state index contributed by atoms with van der Waals surface area (Å²) in [5.41, 5.74) is 0.0273. The van der Waals surface area contributed by atoms with Crippen LogP contribution >= 0.6 is 22.9 Å². The van der Waals surface area contributed by atoms with Crippen LogP contribution in [-0.4, -0.2) is 23.5 Å². The summed E-state index contributed by atoms with van der Waals surface area (Å²) in [7, 11) is 0. The quantitative estimate of drug-likeness (QED) is 0.695. The number of esters is 1. The van der Waals surface area contributed by atoms with Crippen molar-refractivity contribution in [1.29, 1.82) is 0 Å². The third-order valence-electron chi connectivity index (χ3n) is 2.31. The van der Waals surface area contributed by atoms with Gasteiger partial charge in [-0.1, -0.05) is 23.7 Å². The minimum atomic E-state index is -0.742. The van der Waals surface area contributed by atoms with Crippen molar-refractivity contribution in [3.8, 4) is 5.75 Å². The van der Waals surface area contributed by atoms with Crippen LogP contribution in [0.1, 0.15) is 20.0 Å². The zero-order valence-corrected chi connectivity index (χ0v) is 11.2. The van der Waals surface area contributed by atoms with E-state index in [2.05, 4.69) is 0 Å². The number of carbonyl (C=O) groups is 2. The number of aromatic hydroxyl groups is 1. The number of ketones is 1. The molecule has 1 N–H and O–H groups in total. The Labute approximate surface area is 118 Å². The fourth-order valence-electron chi connectivity index (χ4n) is 1.39. The van der Waals surface area contributed by atoms with E-state index in [1.54, 1.807) is 24.3 Å². The molecule has 4 nitrogen and oxygen atoms in total. The van der Waals surface area contributed by atoms with Crippen LogP contribution in [0.25, 0.3) is 0 Å². The summed E-state index contributed by atoms with van der Waals surface area (Å²) in [5, 5.41) is 9.47. The first-order valence-corrected chi connectivity index (χ1v) is 6.51. The molecule has 1 aromatic heterocycles. The number of Topliss-reactive ketones (excluding diaryl/α,β-unsaturated/α-hetero) is 1. The first-order chi connectivity index (χ1) is 9.08. The fourth-order valence-corrected chi connectivity index (χ4v) is 2.36. The van der Waals surface area contributed by atoms with E-state index in [1.165, 1.54) is 12.1 Å². The summed E-state index contributed by atoms with van der Waals surface area (Å²) in [6.45, 7) is -0.385. The number of carbonyl (C=O) groups excluding carboxylic acids is 2. The van der Waals surface area contributed by atoms with E-state index in [0.717, 1.165) is 11.3 Å². The maximum atomic E-state index is 11.7. The van der Waals surface area contributed by atoms with Crippen molar-refractivity contribution in [3.05, 3.63) is 51.2 Å². The highest BCUT2D eigenvalue weighted by molar-refractivity contribution is 7.18. The van der Waals surface area contributed by atoms with Crippen LogP contribution in [-0.2, 0) is 4.74 Å². The van der Waals surface area contributed by atoms with Gasteiger partial charge in [-0.3, -0.25) is 4.79 Å². The molecule has 0 aliphatic heterocycles. The molecule has 0 saturated heterocycles. The van der Waals surface area contributed by atoms with Gasteiger partial charge in [0, 0.05) is 0 Å². The van der Waals surface area contributed by atoms with Crippen LogP contribution in [0.2, 0.25) is 4.34 Å². The number of hydrogen-bond donors (Lipinski definition) is 1. The third-order valence-corrected chi connectivity index (χ3v) is 3.58. The Morgan fingerprint density at radius 2 is 1.95 bits per heavy atom. The maximum absolute atomic E-state index is 11.7. The zero-order chi connectivity index (χ0) is 13.8. The highest BCUT2D eigenvalue weighted by Crippen LogP contribution is 2.22. The average molecular weight is 297 g/mol. The molecule has 19 heavy (non-hydrogen) atoms. The van der Waals surface area contributed by atoms with E-state index < -0.39 is 5.97 Å². The Morgan fingerprint density at radius 1 is 1.21 bits per heavy atom. The predicted octanol–water partition coefficient (Wildman–Crippen LogP) is 3.15. The molecule has 1 aromatic carbocycles. The van der Waals surface area contributed by atoms with E-state index in [4.69, 9.17) is 16.3 Å². The summed E-state index contributed by atoms with van der Waals surface area (Å²) in [6, 6.07) is 9.15. The normalized spacial score (nSPS) is 10.2. The number of benzene rings is 1. The molecule has 98 valence electrons. The number of para-hydroxylation sites is 1. The molecule has 0 radical (unpaired) electrons. The number of halogens is 1. The van der Waals surface area contributed by atoms with Gasteiger partial charge in [0.05, 0.1) is 9.21 Å². The molecule has 2 rings (SSSR count). The standard InChI is InChI=1S/C13H9ClO4S/c14-12-6-5-11(19-12)10(16)7-18-13(17)8-3-1-2-4-9(8)15/h1-6,15H,7H2. The van der Waals surface area contributed by atoms with E-state index in [-0.39, 0.29) is 23.7 Å². The molecule has 0 bridgehead atoms. The van der Waals surface area contributed by atoms with Gasteiger partial charge in [0.1, 0.15) is 11.3 Å². The third kappa shape index (κ3) is 3.33. The van der Waals surface area contributed by atoms with Gasteiger partial charge in [-0.05, 0) is 24.3 Å². The Bertz CT molecular complexity index is 621. The van der Waals surface area contributed by atoms with Crippen LogP contribution < -0.4 is 0 Å². The lowest BCUT2D eigenvalue weighted by Gasteiger charge is -2.04. The van der Waals surface area contributed by atoms with Crippen molar-refractivity contribution in [2.45, 2.75) is 0 Å². The van der Waals surface area contributed by atoms with Crippen molar-refractivity contribution < 1.29 is 19.4 Å². The number of phenols is 1. The molecular weight excluding hydrogens is 288 g/mol. The molecule has 0 saturated carbocycles. The largest absolute Gasteiger partial charge is 0.507 e. The van der Waals surface area contributed by atoms with Gasteiger partial charge >= 0.3 is 5.97 Å². The van der Waals surface area contributed by atoms with Gasteiger partial charge in [0.15, 0.2) is 6.61 Å². The topological polar surface area (TPSA) is 63.6 Å². The maximum Gasteiger partial charge on any atom is 0.342 e. The number of thiophene rings is 1. The number of hydrogen-bond acceptors (Lipinski definition) is 5. The van der Waals surface area contributed by atoms with Crippen LogP contribution in [0.15, 0.2) is 36.4 Å². The van der Waals surface area contributed by atoms with Crippen LogP contribution in [0, 0.1) is 0 Å². The minimum Gasteiger partial charge on any atom is -0.507 e. The van der Waals surface area contributed by atoms with Crippen LogP contribution in [0.3, 0.4) is 0 Å². The van der Waals surface area contributed by atoms with Gasteiger partial charge in [0.25, 0.3) is 0 Å². The molecule has 0 atom stereocenters. The Hall–Kier alpha value is -1.85. The summed E-state index contributed by atoms with van der Waals surface area (Å²) in [6.07, 6.45) is 0. The summed E-state index contributed by atoms with van der Waals surface area (Å²) >= 11 is 6.83. The van der Waals surface area contributed by atoms with Crippen molar-refractivity contribution in [3.63, 3.8) is 0 Å². The smallest absolute Gasteiger partial charge is 0.342 e. The molecular formula is C13H9ClO4S. The average Bonchev–Trinajstić information content (AvgIpc) is 2.83. The Kier molecular flexibility index (Phi) is 4.19. The van der Waals surface area contributed by atoms with Crippen LogP contribution in [0.5, 0.6) is 5.75 Å². The number of phenolic OH excluding ortho intramolecular Hbond substituents is 1. The lowest BCUT2D eigenvalue weighted by Crippen LogP contribution is -2.13. The van der Waals surface area contributed by atoms with Crippen LogP contribution in [0.4, 0.5) is 0 Å². The van der Waals surface area contributed by atoms with Crippen molar-refractivity contribution in [2.75, 3.05) is 6.61 Å².